The number of hydrogen-bond acceptors (Lipinski definition) is 7. The van der Waals surface area contributed by atoms with Gasteiger partial charge in [0.15, 0.2) is 0 Å². The van der Waals surface area contributed by atoms with E-state index in [-0.39, 0.29) is 17.3 Å². The monoisotopic (exact) mass is 586 g/mol. The molecular weight excluding hydrogens is 548 g/mol. The summed E-state index contributed by atoms with van der Waals surface area (Å²) in [4.78, 5) is 46.8. The number of ether oxygens (including phenoxy) is 1. The van der Waals surface area contributed by atoms with Crippen molar-refractivity contribution < 1.29 is 23.8 Å². The van der Waals surface area contributed by atoms with Crippen LogP contribution >= 0.6 is 0 Å². The first-order valence-electron chi connectivity index (χ1n) is 14.1. The van der Waals surface area contributed by atoms with E-state index in [9.17, 15) is 19.5 Å². The van der Waals surface area contributed by atoms with Crippen LogP contribution in [0.25, 0.3) is 10.9 Å². The highest BCUT2D eigenvalue weighted by atomic mass is 16.5. The summed E-state index contributed by atoms with van der Waals surface area (Å²) in [6.07, 6.45) is -0.837. The molecule has 1 aromatic heterocycles. The molecule has 0 aliphatic rings. The molecule has 0 aliphatic carbocycles. The van der Waals surface area contributed by atoms with Gasteiger partial charge in [-0.2, -0.15) is 4.98 Å². The number of benzene rings is 3. The van der Waals surface area contributed by atoms with Gasteiger partial charge in [0.05, 0.1) is 23.7 Å². The molecule has 2 N–H and O–H groups in total. The Morgan fingerprint density at radius 1 is 1.02 bits per heavy atom. The van der Waals surface area contributed by atoms with E-state index in [1.165, 1.54) is 4.90 Å². The van der Waals surface area contributed by atoms with E-state index in [4.69, 9.17) is 9.15 Å². The summed E-state index contributed by atoms with van der Waals surface area (Å²) in [6.45, 7) is 9.80. The Morgan fingerprint density at radius 3 is 2.28 bits per heavy atom. The van der Waals surface area contributed by atoms with E-state index in [1.807, 2.05) is 61.5 Å². The minimum Gasteiger partial charge on any atom is -0.497 e. The molecule has 3 aromatic carbocycles. The van der Waals surface area contributed by atoms with Gasteiger partial charge in [-0.25, -0.2) is 9.59 Å². The molecule has 226 valence electrons. The molecule has 0 aliphatic heterocycles. The SMILES string of the molecule is CCN(Cc1ccccc1)C(=O)[C@H](Cc1ccc(OC)cc1)Nc1nc2ccc(N(C(=O)O)C(C)(C)C)c(C)c2c(=O)o1. The number of nitrogens with one attached hydrogen (secondary N) is 1. The number of carbonyl (C=O) groups excluding carboxylic acids is 1. The third-order valence-electron chi connectivity index (χ3n) is 7.24. The summed E-state index contributed by atoms with van der Waals surface area (Å²) in [5.74, 6) is 0.518. The topological polar surface area (TPSA) is 125 Å². The van der Waals surface area contributed by atoms with Crippen molar-refractivity contribution in [3.63, 3.8) is 0 Å². The molecule has 0 fully saturated rings. The van der Waals surface area contributed by atoms with Crippen molar-refractivity contribution in [1.29, 1.82) is 0 Å². The number of aromatic nitrogens is 1. The van der Waals surface area contributed by atoms with Gasteiger partial charge in [-0.15, -0.1) is 0 Å². The Bertz CT molecular complexity index is 1640. The summed E-state index contributed by atoms with van der Waals surface area (Å²) >= 11 is 0. The Kier molecular flexibility index (Phi) is 9.38. The smallest absolute Gasteiger partial charge is 0.412 e. The number of amides is 2. The molecule has 2 amide bonds. The number of methoxy groups -OCH3 is 1. The zero-order valence-electron chi connectivity index (χ0n) is 25.4. The van der Waals surface area contributed by atoms with Crippen molar-refractivity contribution in [3.8, 4) is 5.75 Å². The van der Waals surface area contributed by atoms with Crippen LogP contribution in [0.15, 0.2) is 75.9 Å². The first kappa shape index (κ1) is 31.1. The summed E-state index contributed by atoms with van der Waals surface area (Å²) in [6, 6.07) is 19.5. The molecule has 0 bridgehead atoms. The fourth-order valence-corrected chi connectivity index (χ4v) is 5.08. The van der Waals surface area contributed by atoms with Gasteiger partial charge in [0, 0.05) is 25.0 Å². The molecular formula is C33H38N4O6. The van der Waals surface area contributed by atoms with Crippen molar-refractivity contribution in [2.24, 2.45) is 0 Å². The second-order valence-electron chi connectivity index (χ2n) is 11.3. The van der Waals surface area contributed by atoms with E-state index in [2.05, 4.69) is 10.3 Å². The van der Waals surface area contributed by atoms with Gasteiger partial charge in [0.25, 0.3) is 6.01 Å². The fourth-order valence-electron chi connectivity index (χ4n) is 5.08. The number of anilines is 2. The Morgan fingerprint density at radius 2 is 1.70 bits per heavy atom. The molecule has 1 heterocycles. The first-order chi connectivity index (χ1) is 20.4. The first-order valence-corrected chi connectivity index (χ1v) is 14.1. The highest BCUT2D eigenvalue weighted by molar-refractivity contribution is 5.95. The summed E-state index contributed by atoms with van der Waals surface area (Å²) in [5.41, 5.74) is 1.57. The van der Waals surface area contributed by atoms with Crippen LogP contribution in [0.2, 0.25) is 0 Å². The summed E-state index contributed by atoms with van der Waals surface area (Å²) < 4.78 is 10.9. The van der Waals surface area contributed by atoms with Crippen LogP contribution in [-0.4, -0.2) is 52.2 Å². The highest BCUT2D eigenvalue weighted by Gasteiger charge is 2.31. The van der Waals surface area contributed by atoms with Gasteiger partial charge < -0.3 is 24.5 Å². The van der Waals surface area contributed by atoms with E-state index in [0.29, 0.717) is 42.0 Å². The van der Waals surface area contributed by atoms with Gasteiger partial charge in [0.2, 0.25) is 5.91 Å². The molecule has 10 nitrogen and oxygen atoms in total. The predicted molar refractivity (Wildman–Crippen MR) is 167 cm³/mol. The third kappa shape index (κ3) is 7.14. The maximum atomic E-state index is 13.9. The zero-order chi connectivity index (χ0) is 31.3. The maximum Gasteiger partial charge on any atom is 0.412 e. The maximum absolute atomic E-state index is 13.9. The van der Waals surface area contributed by atoms with Crippen LogP contribution in [-0.2, 0) is 17.8 Å². The second kappa shape index (κ2) is 13.0. The second-order valence-corrected chi connectivity index (χ2v) is 11.3. The molecule has 0 radical (unpaired) electrons. The van der Waals surface area contributed by atoms with Crippen molar-refractivity contribution in [3.05, 3.63) is 93.8 Å². The lowest BCUT2D eigenvalue weighted by molar-refractivity contribution is -0.132. The lowest BCUT2D eigenvalue weighted by Crippen LogP contribution is -2.45. The lowest BCUT2D eigenvalue weighted by atomic mass is 10.0. The quantitative estimate of drug-likeness (QED) is 0.237. The van der Waals surface area contributed by atoms with Gasteiger partial charge in [0.1, 0.15) is 11.8 Å². The van der Waals surface area contributed by atoms with Crippen molar-refractivity contribution >= 4 is 34.6 Å². The molecule has 0 saturated carbocycles. The molecule has 0 spiro atoms. The van der Waals surface area contributed by atoms with Crippen molar-refractivity contribution in [2.45, 2.75) is 59.2 Å². The highest BCUT2D eigenvalue weighted by Crippen LogP contribution is 2.31. The Balaban J connectivity index is 1.71. The summed E-state index contributed by atoms with van der Waals surface area (Å²) in [5, 5.41) is 13.1. The molecule has 1 atom stereocenters. The van der Waals surface area contributed by atoms with Crippen molar-refractivity contribution in [1.82, 2.24) is 9.88 Å². The Labute approximate surface area is 250 Å². The number of hydrogen-bond donors (Lipinski definition) is 2. The third-order valence-corrected chi connectivity index (χ3v) is 7.24. The molecule has 10 heteroatoms. The van der Waals surface area contributed by atoms with Crippen LogP contribution in [0.1, 0.15) is 44.4 Å². The van der Waals surface area contributed by atoms with E-state index in [0.717, 1.165) is 11.1 Å². The van der Waals surface area contributed by atoms with E-state index in [1.54, 1.807) is 51.8 Å². The molecule has 4 aromatic rings. The van der Waals surface area contributed by atoms with Gasteiger partial charge in [-0.05, 0) is 75.6 Å². The van der Waals surface area contributed by atoms with Crippen LogP contribution in [0.4, 0.5) is 16.5 Å². The minimum atomic E-state index is -1.14. The van der Waals surface area contributed by atoms with Crippen LogP contribution in [0, 0.1) is 6.92 Å². The average molecular weight is 587 g/mol. The molecule has 43 heavy (non-hydrogen) atoms. The number of aryl methyl sites for hydroxylation is 1. The average Bonchev–Trinajstić information content (AvgIpc) is 2.96. The van der Waals surface area contributed by atoms with Gasteiger partial charge in [-0.1, -0.05) is 42.5 Å². The van der Waals surface area contributed by atoms with E-state index < -0.39 is 23.3 Å². The number of nitrogens with zero attached hydrogens (tertiary/aromatic N) is 3. The fraction of sp³-hybridized carbons (Fsp3) is 0.333. The molecule has 0 saturated heterocycles. The molecule has 0 unspecified atom stereocenters. The largest absolute Gasteiger partial charge is 0.497 e. The predicted octanol–water partition coefficient (Wildman–Crippen LogP) is 5.86. The number of likely N-dealkylation sites (N-methyl/N-ethyl adjacent to an activating group) is 1. The van der Waals surface area contributed by atoms with Gasteiger partial charge >= 0.3 is 11.7 Å². The minimum absolute atomic E-state index is 0.0989. The van der Waals surface area contributed by atoms with Crippen LogP contribution in [0.3, 0.4) is 0 Å². The van der Waals surface area contributed by atoms with Crippen LogP contribution in [0.5, 0.6) is 5.75 Å². The number of rotatable bonds is 10. The number of carbonyl (C=O) groups is 2. The normalized spacial score (nSPS) is 12.0. The summed E-state index contributed by atoms with van der Waals surface area (Å²) in [7, 11) is 1.59. The van der Waals surface area contributed by atoms with Gasteiger partial charge in [-0.3, -0.25) is 9.69 Å². The lowest BCUT2D eigenvalue weighted by Gasteiger charge is -2.34. The molecule has 4 rings (SSSR count). The number of fused-ring (bicyclic) bond motifs is 1. The zero-order valence-corrected chi connectivity index (χ0v) is 25.4. The standard InChI is InChI=1S/C33H38N4O6/c1-7-36(20-23-11-9-8-10-12-23)29(38)26(19-22-13-15-24(42-6)16-14-22)35-31-34-25-17-18-27(21(2)28(25)30(39)43-31)37(32(40)41)33(3,4)5/h8-18,26H,7,19-20H2,1-6H3,(H,34,35)(H,40,41)/t26-/m0/s1. The number of carboxylic acid groups (broad SMARTS) is 1. The Hall–Kier alpha value is -4.86. The van der Waals surface area contributed by atoms with E-state index >= 15 is 0 Å². The van der Waals surface area contributed by atoms with Crippen LogP contribution < -0.4 is 20.6 Å². The van der Waals surface area contributed by atoms with Crippen molar-refractivity contribution in [2.75, 3.05) is 23.9 Å².